The van der Waals surface area contributed by atoms with Crippen LogP contribution >= 0.6 is 0 Å². The van der Waals surface area contributed by atoms with Crippen molar-refractivity contribution in [1.29, 1.82) is 0 Å². The summed E-state index contributed by atoms with van der Waals surface area (Å²) >= 11 is 0. The summed E-state index contributed by atoms with van der Waals surface area (Å²) < 4.78 is 0. The van der Waals surface area contributed by atoms with Crippen LogP contribution in [0.2, 0.25) is 0 Å². The number of nitrogens with zero attached hydrogens (tertiary/aromatic N) is 1. The van der Waals surface area contributed by atoms with Crippen molar-refractivity contribution >= 4 is 0 Å². The zero-order valence-electron chi connectivity index (χ0n) is 9.45. The largest absolute Gasteiger partial charge is 1.00 e. The minimum atomic E-state index is -0.0747. The molecule has 0 bridgehead atoms. The van der Waals surface area contributed by atoms with Crippen LogP contribution in [0, 0.1) is 0 Å². The maximum atomic E-state index is 8.04. The summed E-state index contributed by atoms with van der Waals surface area (Å²) in [5.74, 6) is 0. The van der Waals surface area contributed by atoms with E-state index in [0.29, 0.717) is 0 Å². The van der Waals surface area contributed by atoms with Crippen LogP contribution in [0.15, 0.2) is 30.3 Å². The van der Waals surface area contributed by atoms with Gasteiger partial charge in [-0.25, -0.2) is 0 Å². The summed E-state index contributed by atoms with van der Waals surface area (Å²) in [4.78, 5) is 2.39. The van der Waals surface area contributed by atoms with Crippen LogP contribution in [0.4, 0.5) is 0 Å². The van der Waals surface area contributed by atoms with Gasteiger partial charge in [0.2, 0.25) is 0 Å². The maximum absolute atomic E-state index is 8.04. The van der Waals surface area contributed by atoms with Gasteiger partial charge in [-0.05, 0) is 32.5 Å². The molecule has 1 fully saturated rings. The van der Waals surface area contributed by atoms with Gasteiger partial charge in [-0.3, -0.25) is 0 Å². The summed E-state index contributed by atoms with van der Waals surface area (Å²) in [6, 6.07) is 10.1. The van der Waals surface area contributed by atoms with Crippen molar-refractivity contribution in [3.8, 4) is 0 Å². The normalized spacial score (nSPS) is 18.5. The quantitative estimate of drug-likeness (QED) is 0.619. The van der Waals surface area contributed by atoms with Crippen molar-refractivity contribution in [3.63, 3.8) is 0 Å². The van der Waals surface area contributed by atoms with Crippen molar-refractivity contribution in [1.82, 2.24) is 4.90 Å². The second kappa shape index (κ2) is 6.35. The molecule has 2 nitrogen and oxygen atoms in total. The number of hydrogen-bond donors (Lipinski definition) is 0. The molecule has 1 atom stereocenters. The van der Waals surface area contributed by atoms with Crippen LogP contribution in [0.1, 0.15) is 24.4 Å². The smallest absolute Gasteiger partial charge is 0.670 e. The molecule has 76 valence electrons. The summed E-state index contributed by atoms with van der Waals surface area (Å²) in [6.07, 6.45) is 2.61. The number of likely N-dealkylation sites (tertiary alicyclic amines) is 1. The molecule has 1 heterocycles. The van der Waals surface area contributed by atoms with Gasteiger partial charge in [-0.15, -0.1) is 0 Å². The predicted molar refractivity (Wildman–Crippen MR) is 59.2 cm³/mol. The van der Waals surface area contributed by atoms with Crippen molar-refractivity contribution in [2.75, 3.05) is 19.6 Å². The first-order valence-corrected chi connectivity index (χ1v) is 5.34. The van der Waals surface area contributed by atoms with Gasteiger partial charge in [0.25, 0.3) is 0 Å². The molecule has 0 aromatic heterocycles. The van der Waals surface area contributed by atoms with Crippen LogP contribution in [-0.4, -0.2) is 24.5 Å². The molecule has 0 saturated carbocycles. The van der Waals surface area contributed by atoms with E-state index in [2.05, 4.69) is 4.90 Å². The average Bonchev–Trinajstić information content (AvgIpc) is 2.72. The van der Waals surface area contributed by atoms with Gasteiger partial charge in [0.1, 0.15) is 0 Å². The molecule has 2 rings (SSSR count). The Morgan fingerprint density at radius 2 is 1.73 bits per heavy atom. The molecule has 1 aromatic rings. The fourth-order valence-corrected chi connectivity index (χ4v) is 2.01. The molecule has 15 heavy (non-hydrogen) atoms. The van der Waals surface area contributed by atoms with E-state index >= 15 is 0 Å². The molecule has 3 heteroatoms. The van der Waals surface area contributed by atoms with Gasteiger partial charge in [0.15, 0.2) is 0 Å². The van der Waals surface area contributed by atoms with Crippen molar-refractivity contribution in [2.45, 2.75) is 18.9 Å². The monoisotopic (exact) mass is 196 g/mol. The zero-order valence-corrected chi connectivity index (χ0v) is 9.45. The number of benzene rings is 1. The van der Waals surface area contributed by atoms with Gasteiger partial charge in [0, 0.05) is 0 Å². The van der Waals surface area contributed by atoms with E-state index in [1.165, 1.54) is 25.9 Å². The minimum absolute atomic E-state index is 0. The molecule has 1 saturated heterocycles. The van der Waals surface area contributed by atoms with Gasteiger partial charge in [-0.2, -0.15) is 0 Å². The second-order valence-corrected chi connectivity index (χ2v) is 3.97. The van der Waals surface area contributed by atoms with Crippen LogP contribution < -0.4 is 18.9 Å². The molecule has 0 spiro atoms. The third-order valence-electron chi connectivity index (χ3n) is 2.84. The SMILES string of the molecule is [Li+].[NH-][C@@H](CN1CCCC1)c1ccccc1. The van der Waals surface area contributed by atoms with Crippen molar-refractivity contribution in [2.24, 2.45) is 0 Å². The topological polar surface area (TPSA) is 27.0 Å². The Balaban J connectivity index is 0.00000112. The molecule has 0 aliphatic carbocycles. The van der Waals surface area contributed by atoms with E-state index in [1.807, 2.05) is 30.3 Å². The van der Waals surface area contributed by atoms with Crippen LogP contribution in [0.25, 0.3) is 5.73 Å². The van der Waals surface area contributed by atoms with Gasteiger partial charge >= 0.3 is 18.9 Å². The first kappa shape index (κ1) is 12.8. The first-order valence-electron chi connectivity index (χ1n) is 5.34. The fraction of sp³-hybridized carbons (Fsp3) is 0.500. The fourth-order valence-electron chi connectivity index (χ4n) is 2.01. The summed E-state index contributed by atoms with van der Waals surface area (Å²) in [6.45, 7) is 3.26. The van der Waals surface area contributed by atoms with E-state index in [0.717, 1.165) is 12.1 Å². The predicted octanol–water partition coefficient (Wildman–Crippen LogP) is -0.120. The standard InChI is InChI=1S/C12H17N2.Li/c13-12(10-14-8-4-5-9-14)11-6-2-1-3-7-11;/h1-3,6-7,12-13H,4-5,8-10H2;/q-1;+1/t12-;/m0./s1. The first-order chi connectivity index (χ1) is 6.86. The van der Waals surface area contributed by atoms with Crippen LogP contribution in [0.5, 0.6) is 0 Å². The number of rotatable bonds is 3. The molecular weight excluding hydrogens is 179 g/mol. The number of nitrogens with one attached hydrogen (secondary N) is 1. The molecule has 1 N–H and O–H groups in total. The Labute approximate surface area is 104 Å². The molecular formula is C12H17LiN2. The summed E-state index contributed by atoms with van der Waals surface area (Å²) in [5.41, 5.74) is 9.17. The Bertz CT molecular complexity index is 270. The Hall–Kier alpha value is -0.263. The molecule has 0 unspecified atom stereocenters. The van der Waals surface area contributed by atoms with E-state index in [9.17, 15) is 0 Å². The van der Waals surface area contributed by atoms with Crippen molar-refractivity contribution < 1.29 is 18.9 Å². The molecule has 1 aliphatic rings. The summed E-state index contributed by atoms with van der Waals surface area (Å²) in [5, 5.41) is 0. The van der Waals surface area contributed by atoms with E-state index in [4.69, 9.17) is 5.73 Å². The van der Waals surface area contributed by atoms with E-state index in [-0.39, 0.29) is 24.9 Å². The molecule has 1 aliphatic heterocycles. The molecule has 0 radical (unpaired) electrons. The minimum Gasteiger partial charge on any atom is -0.670 e. The van der Waals surface area contributed by atoms with Gasteiger partial charge < -0.3 is 10.6 Å². The van der Waals surface area contributed by atoms with Crippen LogP contribution in [0.3, 0.4) is 0 Å². The van der Waals surface area contributed by atoms with Crippen molar-refractivity contribution in [3.05, 3.63) is 41.6 Å². The van der Waals surface area contributed by atoms with Gasteiger partial charge in [0.05, 0.1) is 0 Å². The maximum Gasteiger partial charge on any atom is 1.00 e. The Kier molecular flexibility index (Phi) is 5.42. The average molecular weight is 196 g/mol. The zero-order chi connectivity index (χ0) is 9.80. The van der Waals surface area contributed by atoms with E-state index < -0.39 is 0 Å². The third-order valence-corrected chi connectivity index (χ3v) is 2.84. The molecule has 1 aromatic carbocycles. The molecule has 0 amide bonds. The van der Waals surface area contributed by atoms with Crippen LogP contribution in [-0.2, 0) is 0 Å². The van der Waals surface area contributed by atoms with E-state index in [1.54, 1.807) is 0 Å². The Morgan fingerprint density at radius 1 is 1.13 bits per heavy atom. The Morgan fingerprint density at radius 3 is 2.33 bits per heavy atom. The summed E-state index contributed by atoms with van der Waals surface area (Å²) in [7, 11) is 0. The second-order valence-electron chi connectivity index (χ2n) is 3.97. The van der Waals surface area contributed by atoms with Gasteiger partial charge in [-0.1, -0.05) is 41.9 Å². The third kappa shape index (κ3) is 3.66. The number of hydrogen-bond acceptors (Lipinski definition) is 1.